The van der Waals surface area contributed by atoms with Gasteiger partial charge >= 0.3 is 0 Å². The second kappa shape index (κ2) is 6.96. The minimum Gasteiger partial charge on any atom is -0.474 e. The van der Waals surface area contributed by atoms with Gasteiger partial charge < -0.3 is 10.1 Å². The molecule has 3 N–H and O–H groups in total. The Morgan fingerprint density at radius 3 is 2.45 bits per heavy atom. The maximum Gasteiger partial charge on any atom is 0.266 e. The average molecular weight is 278 g/mol. The normalized spacial score (nSPS) is 12.4. The summed E-state index contributed by atoms with van der Waals surface area (Å²) in [7, 11) is 0. The minimum absolute atomic E-state index is 0.294. The molecule has 20 heavy (non-hydrogen) atoms. The van der Waals surface area contributed by atoms with E-state index in [1.54, 1.807) is 5.48 Å². The van der Waals surface area contributed by atoms with Crippen LogP contribution in [0.2, 0.25) is 0 Å². The Bertz CT molecular complexity index is 452. The molecule has 0 bridgehead atoms. The summed E-state index contributed by atoms with van der Waals surface area (Å²) in [5.41, 5.74) is 2.22. The van der Waals surface area contributed by atoms with Crippen LogP contribution in [-0.4, -0.2) is 22.8 Å². The van der Waals surface area contributed by atoms with Crippen molar-refractivity contribution in [3.63, 3.8) is 0 Å². The van der Waals surface area contributed by atoms with Crippen LogP contribution in [0.3, 0.4) is 0 Å². The number of benzene rings is 1. The van der Waals surface area contributed by atoms with Gasteiger partial charge in [0.1, 0.15) is 11.6 Å². The highest BCUT2D eigenvalue weighted by Crippen LogP contribution is 2.12. The molecule has 0 saturated heterocycles. The molecule has 0 aliphatic rings. The zero-order chi connectivity index (χ0) is 15.2. The zero-order valence-electron chi connectivity index (χ0n) is 12.1. The second-order valence-corrected chi connectivity index (χ2v) is 5.50. The molecule has 1 amide bonds. The van der Waals surface area contributed by atoms with Gasteiger partial charge in [-0.25, -0.2) is 5.48 Å². The molecule has 0 aliphatic carbocycles. The molecule has 0 heterocycles. The molecule has 0 aliphatic heterocycles. The van der Waals surface area contributed by atoms with Crippen molar-refractivity contribution in [1.82, 2.24) is 10.8 Å². The summed E-state index contributed by atoms with van der Waals surface area (Å²) in [6, 6.07) is 8.85. The van der Waals surface area contributed by atoms with Crippen molar-refractivity contribution in [3.05, 3.63) is 48.4 Å². The van der Waals surface area contributed by atoms with E-state index < -0.39 is 17.6 Å². The van der Waals surface area contributed by atoms with Gasteiger partial charge in [-0.1, -0.05) is 30.3 Å². The fourth-order valence-electron chi connectivity index (χ4n) is 1.73. The third-order valence-electron chi connectivity index (χ3n) is 2.47. The van der Waals surface area contributed by atoms with E-state index >= 15 is 0 Å². The molecule has 0 fully saturated rings. The number of nitrogens with one attached hydrogen (secondary N) is 2. The Morgan fingerprint density at radius 1 is 1.35 bits per heavy atom. The van der Waals surface area contributed by atoms with Gasteiger partial charge in [0, 0.05) is 6.42 Å². The highest BCUT2D eigenvalue weighted by molar-refractivity contribution is 5.81. The van der Waals surface area contributed by atoms with Gasteiger partial charge in [0.05, 0.1) is 0 Å². The van der Waals surface area contributed by atoms with Crippen LogP contribution < -0.4 is 10.8 Å². The highest BCUT2D eigenvalue weighted by Gasteiger charge is 2.21. The third-order valence-corrected chi connectivity index (χ3v) is 2.47. The van der Waals surface area contributed by atoms with Crippen LogP contribution in [0.4, 0.5) is 0 Å². The smallest absolute Gasteiger partial charge is 0.266 e. The molecule has 5 heteroatoms. The van der Waals surface area contributed by atoms with Gasteiger partial charge in [-0.05, 0) is 32.9 Å². The van der Waals surface area contributed by atoms with Crippen molar-refractivity contribution >= 4 is 5.91 Å². The van der Waals surface area contributed by atoms with E-state index in [1.165, 1.54) is 0 Å². The lowest BCUT2D eigenvalue weighted by molar-refractivity contribution is -0.131. The van der Waals surface area contributed by atoms with Crippen molar-refractivity contribution in [2.75, 3.05) is 0 Å². The van der Waals surface area contributed by atoms with Crippen LogP contribution in [-0.2, 0) is 16.0 Å². The first-order valence-corrected chi connectivity index (χ1v) is 6.44. The van der Waals surface area contributed by atoms with Crippen LogP contribution in [0.15, 0.2) is 42.8 Å². The molecule has 1 aromatic carbocycles. The van der Waals surface area contributed by atoms with Crippen molar-refractivity contribution in [1.29, 1.82) is 0 Å². The summed E-state index contributed by atoms with van der Waals surface area (Å²) in [4.78, 5) is 11.7. The SMILES string of the molecule is C=C(N[C@H](Cc1ccccc1)C(=O)NO)OC(C)(C)C. The van der Waals surface area contributed by atoms with Crippen LogP contribution in [0.1, 0.15) is 26.3 Å². The van der Waals surface area contributed by atoms with E-state index in [2.05, 4.69) is 11.9 Å². The lowest BCUT2D eigenvalue weighted by Gasteiger charge is -2.26. The summed E-state index contributed by atoms with van der Waals surface area (Å²) >= 11 is 0. The molecular weight excluding hydrogens is 256 g/mol. The quantitative estimate of drug-likeness (QED) is 0.423. The molecule has 1 atom stereocenters. The number of hydroxylamine groups is 1. The van der Waals surface area contributed by atoms with Crippen LogP contribution in [0, 0.1) is 0 Å². The van der Waals surface area contributed by atoms with Gasteiger partial charge in [0.15, 0.2) is 5.88 Å². The molecule has 0 aromatic heterocycles. The predicted octanol–water partition coefficient (Wildman–Crippen LogP) is 1.98. The molecule has 110 valence electrons. The number of carbonyl (C=O) groups is 1. The van der Waals surface area contributed by atoms with Crippen molar-refractivity contribution in [2.45, 2.75) is 38.8 Å². The van der Waals surface area contributed by atoms with Crippen LogP contribution in [0.5, 0.6) is 0 Å². The van der Waals surface area contributed by atoms with Crippen molar-refractivity contribution in [3.8, 4) is 0 Å². The highest BCUT2D eigenvalue weighted by atomic mass is 16.5. The van der Waals surface area contributed by atoms with Crippen molar-refractivity contribution < 1.29 is 14.7 Å². The largest absolute Gasteiger partial charge is 0.474 e. The zero-order valence-corrected chi connectivity index (χ0v) is 12.1. The van der Waals surface area contributed by atoms with Crippen LogP contribution >= 0.6 is 0 Å². The molecule has 5 nitrogen and oxygen atoms in total. The standard InChI is InChI=1S/C15H22N2O3/c1-11(20-15(2,3)4)16-13(14(18)17-19)10-12-8-6-5-7-9-12/h5-9,13,16,19H,1,10H2,2-4H3,(H,17,18)/t13-/m1/s1. The first-order valence-electron chi connectivity index (χ1n) is 6.44. The molecule has 1 aromatic rings. The first kappa shape index (κ1) is 16.0. The number of rotatable bonds is 6. The maximum atomic E-state index is 11.7. The summed E-state index contributed by atoms with van der Waals surface area (Å²) in [5.74, 6) is -0.241. The number of hydrogen-bond acceptors (Lipinski definition) is 4. The van der Waals surface area contributed by atoms with E-state index in [1.807, 2.05) is 51.1 Å². The van der Waals surface area contributed by atoms with E-state index in [9.17, 15) is 4.79 Å². The van der Waals surface area contributed by atoms with Gasteiger partial charge in [-0.2, -0.15) is 0 Å². The molecule has 0 spiro atoms. The molecular formula is C15H22N2O3. The topological polar surface area (TPSA) is 70.6 Å². The van der Waals surface area contributed by atoms with E-state index in [0.29, 0.717) is 12.3 Å². The molecule has 0 saturated carbocycles. The predicted molar refractivity (Wildman–Crippen MR) is 77.0 cm³/mol. The molecule has 0 radical (unpaired) electrons. The van der Waals surface area contributed by atoms with Gasteiger partial charge in [-0.3, -0.25) is 10.0 Å². The number of ether oxygens (including phenoxy) is 1. The van der Waals surface area contributed by atoms with E-state index in [4.69, 9.17) is 9.94 Å². The minimum atomic E-state index is -0.655. The Kier molecular flexibility index (Phi) is 5.58. The van der Waals surface area contributed by atoms with Gasteiger partial charge in [-0.15, -0.1) is 0 Å². The second-order valence-electron chi connectivity index (χ2n) is 5.50. The molecule has 0 unspecified atom stereocenters. The fourth-order valence-corrected chi connectivity index (χ4v) is 1.73. The number of hydrogen-bond donors (Lipinski definition) is 3. The lowest BCUT2D eigenvalue weighted by atomic mass is 10.1. The van der Waals surface area contributed by atoms with Gasteiger partial charge in [0.2, 0.25) is 0 Å². The summed E-state index contributed by atoms with van der Waals surface area (Å²) < 4.78 is 5.53. The van der Waals surface area contributed by atoms with E-state index in [0.717, 1.165) is 5.56 Å². The maximum absolute atomic E-state index is 11.7. The van der Waals surface area contributed by atoms with Crippen molar-refractivity contribution in [2.24, 2.45) is 0 Å². The summed E-state index contributed by atoms with van der Waals surface area (Å²) in [6.45, 7) is 9.40. The summed E-state index contributed by atoms with van der Waals surface area (Å²) in [6.07, 6.45) is 0.416. The van der Waals surface area contributed by atoms with Gasteiger partial charge in [0.25, 0.3) is 5.91 Å². The van der Waals surface area contributed by atoms with E-state index in [-0.39, 0.29) is 0 Å². The Hall–Kier alpha value is -2.01. The monoisotopic (exact) mass is 278 g/mol. The summed E-state index contributed by atoms with van der Waals surface area (Å²) in [5, 5.41) is 11.7. The Balaban J connectivity index is 2.70. The van der Waals surface area contributed by atoms with Crippen LogP contribution in [0.25, 0.3) is 0 Å². The Labute approximate surface area is 119 Å². The number of carbonyl (C=O) groups excluding carboxylic acids is 1. The first-order chi connectivity index (χ1) is 9.31. The third kappa shape index (κ3) is 5.75. The number of amides is 1. The Morgan fingerprint density at radius 2 is 1.95 bits per heavy atom. The average Bonchev–Trinajstić information content (AvgIpc) is 2.36. The fraction of sp³-hybridized carbons (Fsp3) is 0.400. The molecule has 1 rings (SSSR count). The lowest BCUT2D eigenvalue weighted by Crippen LogP contribution is -2.45.